The molecule has 1 aromatic carbocycles. The molecule has 4 nitrogen and oxygen atoms in total. The number of carbonyl (C=O) groups excluding carboxylic acids is 1. The quantitative estimate of drug-likeness (QED) is 0.913. The zero-order valence-corrected chi connectivity index (χ0v) is 12.3. The van der Waals surface area contributed by atoms with Crippen LogP contribution in [0.2, 0.25) is 5.02 Å². The highest BCUT2D eigenvalue weighted by atomic mass is 35.5. The van der Waals surface area contributed by atoms with E-state index in [0.717, 1.165) is 31.7 Å². The maximum atomic E-state index is 13.7. The van der Waals surface area contributed by atoms with E-state index >= 15 is 0 Å². The van der Waals surface area contributed by atoms with E-state index in [1.54, 1.807) is 0 Å². The average molecular weight is 314 g/mol. The number of hydrogen-bond donors (Lipinski definition) is 1. The molecule has 1 N–H and O–H groups in total. The third-order valence-corrected chi connectivity index (χ3v) is 4.31. The molecule has 1 saturated carbocycles. The second-order valence-electron chi connectivity index (χ2n) is 5.48. The van der Waals surface area contributed by atoms with Gasteiger partial charge in [0.2, 0.25) is 0 Å². The lowest BCUT2D eigenvalue weighted by Crippen LogP contribution is -2.44. The van der Waals surface area contributed by atoms with Crippen LogP contribution in [0.4, 0.5) is 4.39 Å². The molecule has 0 aromatic heterocycles. The number of benzene rings is 1. The van der Waals surface area contributed by atoms with Crippen molar-refractivity contribution in [1.29, 1.82) is 0 Å². The molecule has 1 aliphatic heterocycles. The normalized spacial score (nSPS) is 21.6. The van der Waals surface area contributed by atoms with Crippen molar-refractivity contribution in [3.8, 4) is 0 Å². The number of nitrogens with one attached hydrogen (secondary N) is 1. The summed E-state index contributed by atoms with van der Waals surface area (Å²) in [6.45, 7) is 1.26. The Morgan fingerprint density at radius 3 is 2.57 bits per heavy atom. The Hall–Kier alpha value is -1.17. The number of rotatable bonds is 2. The molecule has 114 valence electrons. The Kier molecular flexibility index (Phi) is 4.15. The fourth-order valence-corrected chi connectivity index (χ4v) is 3.08. The maximum Gasteiger partial charge on any atom is 0.254 e. The van der Waals surface area contributed by atoms with E-state index in [-0.39, 0.29) is 16.6 Å². The molecule has 21 heavy (non-hydrogen) atoms. The molecule has 0 bridgehead atoms. The van der Waals surface area contributed by atoms with Crippen molar-refractivity contribution in [2.45, 2.75) is 37.5 Å². The monoisotopic (exact) mass is 313 g/mol. The third kappa shape index (κ3) is 3.20. The zero-order chi connectivity index (χ0) is 14.9. The minimum absolute atomic E-state index is 0.0194. The molecule has 2 fully saturated rings. The van der Waals surface area contributed by atoms with Crippen LogP contribution in [0.3, 0.4) is 0 Å². The molecule has 1 aliphatic carbocycles. The molecule has 0 radical (unpaired) electrons. The Labute approximate surface area is 127 Å². The van der Waals surface area contributed by atoms with Crippen LogP contribution in [0.5, 0.6) is 0 Å². The second-order valence-corrected chi connectivity index (χ2v) is 5.92. The van der Waals surface area contributed by atoms with Crippen LogP contribution in [-0.2, 0) is 9.47 Å². The lowest BCUT2D eigenvalue weighted by Gasteiger charge is -2.35. The summed E-state index contributed by atoms with van der Waals surface area (Å²) in [5.41, 5.74) is 0.0213. The van der Waals surface area contributed by atoms with Gasteiger partial charge in [-0.25, -0.2) is 4.39 Å². The summed E-state index contributed by atoms with van der Waals surface area (Å²) in [4.78, 5) is 12.1. The van der Waals surface area contributed by atoms with Crippen LogP contribution < -0.4 is 5.32 Å². The lowest BCUT2D eigenvalue weighted by molar-refractivity contribution is -0.179. The molecular formula is C15H17ClFNO3. The molecule has 2 aliphatic rings. The van der Waals surface area contributed by atoms with Gasteiger partial charge in [-0.3, -0.25) is 4.79 Å². The first-order chi connectivity index (χ1) is 10.1. The highest BCUT2D eigenvalue weighted by molar-refractivity contribution is 6.30. The predicted octanol–water partition coefficient (Wildman–Crippen LogP) is 2.89. The molecule has 1 aromatic rings. The van der Waals surface area contributed by atoms with E-state index in [1.807, 2.05) is 0 Å². The minimum atomic E-state index is -0.602. The van der Waals surface area contributed by atoms with Crippen molar-refractivity contribution >= 4 is 17.5 Å². The van der Waals surface area contributed by atoms with Gasteiger partial charge in [0.05, 0.1) is 18.8 Å². The van der Waals surface area contributed by atoms with Gasteiger partial charge >= 0.3 is 0 Å². The number of halogens is 2. The maximum absolute atomic E-state index is 13.7. The molecule has 1 heterocycles. The van der Waals surface area contributed by atoms with E-state index in [1.165, 1.54) is 12.1 Å². The molecule has 6 heteroatoms. The highest BCUT2D eigenvalue weighted by Crippen LogP contribution is 2.35. The average Bonchev–Trinajstić information content (AvgIpc) is 2.90. The smallest absolute Gasteiger partial charge is 0.254 e. The topological polar surface area (TPSA) is 47.6 Å². The number of hydrogen-bond acceptors (Lipinski definition) is 3. The van der Waals surface area contributed by atoms with Crippen LogP contribution in [0, 0.1) is 5.82 Å². The summed E-state index contributed by atoms with van der Waals surface area (Å²) in [7, 11) is 0. The summed E-state index contributed by atoms with van der Waals surface area (Å²) < 4.78 is 25.0. The van der Waals surface area contributed by atoms with Gasteiger partial charge in [0.15, 0.2) is 5.79 Å². The second kappa shape index (κ2) is 5.91. The Morgan fingerprint density at radius 1 is 1.29 bits per heavy atom. The van der Waals surface area contributed by atoms with Gasteiger partial charge < -0.3 is 14.8 Å². The van der Waals surface area contributed by atoms with E-state index < -0.39 is 17.5 Å². The van der Waals surface area contributed by atoms with Gasteiger partial charge in [-0.2, -0.15) is 0 Å². The Morgan fingerprint density at radius 2 is 1.95 bits per heavy atom. The summed E-state index contributed by atoms with van der Waals surface area (Å²) in [6, 6.07) is 4.08. The van der Waals surface area contributed by atoms with Gasteiger partial charge in [0, 0.05) is 23.9 Å². The standard InChI is InChI=1S/C15H17ClFNO3/c16-10-1-2-12(13(17)9-10)14(19)18-11-3-5-15(6-4-11)20-7-8-21-15/h1-2,9,11H,3-8H2,(H,18,19). The largest absolute Gasteiger partial charge is 0.349 e. The Balaban J connectivity index is 1.58. The molecule has 3 rings (SSSR count). The lowest BCUT2D eigenvalue weighted by atomic mass is 9.90. The predicted molar refractivity (Wildman–Crippen MR) is 75.8 cm³/mol. The molecular weight excluding hydrogens is 297 g/mol. The minimum Gasteiger partial charge on any atom is -0.349 e. The van der Waals surface area contributed by atoms with Gasteiger partial charge in [0.25, 0.3) is 5.91 Å². The summed E-state index contributed by atoms with van der Waals surface area (Å²) in [5.74, 6) is -1.46. The first kappa shape index (κ1) is 14.8. The van der Waals surface area contributed by atoms with Crippen molar-refractivity contribution in [2.75, 3.05) is 13.2 Å². The number of amides is 1. The third-order valence-electron chi connectivity index (χ3n) is 4.07. The van der Waals surface area contributed by atoms with Gasteiger partial charge in [0.1, 0.15) is 5.82 Å². The van der Waals surface area contributed by atoms with Crippen LogP contribution >= 0.6 is 11.6 Å². The summed E-state index contributed by atoms with van der Waals surface area (Å²) in [6.07, 6.45) is 3.03. The highest BCUT2D eigenvalue weighted by Gasteiger charge is 2.40. The fourth-order valence-electron chi connectivity index (χ4n) is 2.92. The zero-order valence-electron chi connectivity index (χ0n) is 11.5. The van der Waals surface area contributed by atoms with Crippen molar-refractivity contribution in [3.63, 3.8) is 0 Å². The summed E-state index contributed by atoms with van der Waals surface area (Å²) >= 11 is 5.68. The molecule has 0 unspecified atom stereocenters. The van der Waals surface area contributed by atoms with Gasteiger partial charge in [-0.15, -0.1) is 0 Å². The first-order valence-corrected chi connectivity index (χ1v) is 7.50. The molecule has 1 saturated heterocycles. The van der Waals surface area contributed by atoms with Crippen LogP contribution in [-0.4, -0.2) is 30.9 Å². The van der Waals surface area contributed by atoms with E-state index in [9.17, 15) is 9.18 Å². The summed E-state index contributed by atoms with van der Waals surface area (Å²) in [5, 5.41) is 3.15. The van der Waals surface area contributed by atoms with Gasteiger partial charge in [-0.1, -0.05) is 11.6 Å². The van der Waals surface area contributed by atoms with Crippen LogP contribution in [0.25, 0.3) is 0 Å². The number of carbonyl (C=O) groups is 1. The van der Waals surface area contributed by atoms with E-state index in [2.05, 4.69) is 5.32 Å². The van der Waals surface area contributed by atoms with E-state index in [4.69, 9.17) is 21.1 Å². The van der Waals surface area contributed by atoms with E-state index in [0.29, 0.717) is 13.2 Å². The molecule has 0 atom stereocenters. The van der Waals surface area contributed by atoms with Gasteiger partial charge in [-0.05, 0) is 31.0 Å². The van der Waals surface area contributed by atoms with Crippen molar-refractivity contribution in [3.05, 3.63) is 34.6 Å². The van der Waals surface area contributed by atoms with Crippen molar-refractivity contribution in [2.24, 2.45) is 0 Å². The van der Waals surface area contributed by atoms with Crippen LogP contribution in [0.15, 0.2) is 18.2 Å². The Bertz CT molecular complexity index is 536. The van der Waals surface area contributed by atoms with Crippen molar-refractivity contribution in [1.82, 2.24) is 5.32 Å². The van der Waals surface area contributed by atoms with Crippen LogP contribution in [0.1, 0.15) is 36.0 Å². The van der Waals surface area contributed by atoms with Crippen molar-refractivity contribution < 1.29 is 18.7 Å². The fraction of sp³-hybridized carbons (Fsp3) is 0.533. The molecule has 1 spiro atoms. The number of ether oxygens (including phenoxy) is 2. The molecule has 1 amide bonds. The first-order valence-electron chi connectivity index (χ1n) is 7.12. The SMILES string of the molecule is O=C(NC1CCC2(CC1)OCCO2)c1ccc(Cl)cc1F.